The van der Waals surface area contributed by atoms with E-state index in [0.717, 1.165) is 19.4 Å². The summed E-state index contributed by atoms with van der Waals surface area (Å²) in [5.74, 6) is 0.894. The molecule has 3 N–H and O–H groups in total. The first kappa shape index (κ1) is 7.50. The van der Waals surface area contributed by atoms with Crippen LogP contribution in [0.3, 0.4) is 0 Å². The van der Waals surface area contributed by atoms with Crippen molar-refractivity contribution in [1.29, 1.82) is 0 Å². The quantitative estimate of drug-likeness (QED) is 0.558. The Morgan fingerprint density at radius 2 is 2.46 bits per heavy atom. The summed E-state index contributed by atoms with van der Waals surface area (Å²) in [7, 11) is 0. The number of primary amides is 1. The molecular weight excluding hydrogens is 166 g/mol. The molecule has 4 heteroatoms. The van der Waals surface area contributed by atoms with Crippen LogP contribution in [0.5, 0.6) is 0 Å². The molecule has 13 heavy (non-hydrogen) atoms. The molecule has 3 aliphatic heterocycles. The Morgan fingerprint density at radius 1 is 1.62 bits per heavy atom. The summed E-state index contributed by atoms with van der Waals surface area (Å²) in [5.41, 5.74) is 4.85. The van der Waals surface area contributed by atoms with Crippen molar-refractivity contribution >= 4 is 12.1 Å². The van der Waals surface area contributed by atoms with Crippen molar-refractivity contribution in [3.05, 3.63) is 0 Å². The second-order valence-corrected chi connectivity index (χ2v) is 4.43. The van der Waals surface area contributed by atoms with E-state index in [4.69, 9.17) is 5.73 Å². The molecule has 0 aromatic rings. The molecule has 0 radical (unpaired) electrons. The number of aliphatic imine (C=N–C) groups is 1. The van der Waals surface area contributed by atoms with Crippen molar-refractivity contribution < 1.29 is 4.79 Å². The van der Waals surface area contributed by atoms with Crippen LogP contribution in [0.2, 0.25) is 0 Å². The fourth-order valence-electron chi connectivity index (χ4n) is 3.03. The van der Waals surface area contributed by atoms with Gasteiger partial charge in [0.1, 0.15) is 5.54 Å². The zero-order valence-electron chi connectivity index (χ0n) is 7.36. The third kappa shape index (κ3) is 0.790. The summed E-state index contributed by atoms with van der Waals surface area (Å²) in [6.45, 7) is 1.02. The van der Waals surface area contributed by atoms with Crippen LogP contribution in [-0.4, -0.2) is 30.2 Å². The number of nitrogens with one attached hydrogen (secondary N) is 1. The largest absolute Gasteiger partial charge is 0.368 e. The lowest BCUT2D eigenvalue weighted by atomic mass is 9.67. The monoisotopic (exact) mass is 179 g/mol. The number of carbonyl (C=O) groups excluding carboxylic acids is 1. The zero-order chi connectivity index (χ0) is 9.05. The lowest BCUT2D eigenvalue weighted by Crippen LogP contribution is -2.55. The van der Waals surface area contributed by atoms with E-state index in [9.17, 15) is 4.79 Å². The van der Waals surface area contributed by atoms with Crippen molar-refractivity contribution in [2.45, 2.75) is 24.4 Å². The van der Waals surface area contributed by atoms with Crippen LogP contribution >= 0.6 is 0 Å². The first-order valence-corrected chi connectivity index (χ1v) is 4.80. The minimum absolute atomic E-state index is 0.249. The van der Waals surface area contributed by atoms with Crippen LogP contribution in [-0.2, 0) is 4.79 Å². The SMILES string of the molecule is NC(=O)C12CC3CNC(C1)C3C=N2. The van der Waals surface area contributed by atoms with Crippen LogP contribution in [0.25, 0.3) is 0 Å². The van der Waals surface area contributed by atoms with Gasteiger partial charge in [-0.1, -0.05) is 0 Å². The zero-order valence-corrected chi connectivity index (χ0v) is 7.36. The Balaban J connectivity index is 2.06. The fourth-order valence-corrected chi connectivity index (χ4v) is 3.03. The molecule has 1 saturated carbocycles. The number of amides is 1. The second kappa shape index (κ2) is 2.12. The first-order chi connectivity index (χ1) is 6.21. The van der Waals surface area contributed by atoms with Crippen molar-refractivity contribution in [1.82, 2.24) is 5.32 Å². The highest BCUT2D eigenvalue weighted by atomic mass is 16.1. The molecule has 0 aromatic heterocycles. The van der Waals surface area contributed by atoms with Gasteiger partial charge in [0.05, 0.1) is 0 Å². The molecule has 1 saturated heterocycles. The number of hydrogen-bond acceptors (Lipinski definition) is 3. The standard InChI is InChI=1S/C9H13N3O/c10-8(13)9-1-5-3-11-7(2-9)6(5)4-12-9/h4-7,11H,1-3H2,(H2,10,13). The van der Waals surface area contributed by atoms with Crippen LogP contribution in [0.1, 0.15) is 12.8 Å². The van der Waals surface area contributed by atoms with E-state index in [1.54, 1.807) is 0 Å². The minimum Gasteiger partial charge on any atom is -0.368 e. The van der Waals surface area contributed by atoms with Gasteiger partial charge < -0.3 is 11.1 Å². The fraction of sp³-hybridized carbons (Fsp3) is 0.778. The molecule has 2 fully saturated rings. The maximum atomic E-state index is 11.3. The maximum Gasteiger partial charge on any atom is 0.245 e. The average Bonchev–Trinajstić information content (AvgIpc) is 2.43. The first-order valence-electron chi connectivity index (χ1n) is 4.80. The van der Waals surface area contributed by atoms with Gasteiger partial charge in [0.25, 0.3) is 0 Å². The summed E-state index contributed by atoms with van der Waals surface area (Å²) in [4.78, 5) is 15.7. The van der Waals surface area contributed by atoms with Gasteiger partial charge in [0.15, 0.2) is 0 Å². The summed E-state index contributed by atoms with van der Waals surface area (Å²) in [6, 6.07) is 0.448. The predicted molar refractivity (Wildman–Crippen MR) is 48.4 cm³/mol. The second-order valence-electron chi connectivity index (χ2n) is 4.43. The third-order valence-corrected chi connectivity index (χ3v) is 3.76. The minimum atomic E-state index is -0.562. The molecule has 4 nitrogen and oxygen atoms in total. The topological polar surface area (TPSA) is 67.5 Å². The normalized spacial score (nSPS) is 51.2. The van der Waals surface area contributed by atoms with Gasteiger partial charge in [-0.15, -0.1) is 0 Å². The van der Waals surface area contributed by atoms with Gasteiger partial charge in [-0.25, -0.2) is 0 Å². The van der Waals surface area contributed by atoms with Crippen LogP contribution < -0.4 is 11.1 Å². The van der Waals surface area contributed by atoms with E-state index in [1.807, 2.05) is 6.21 Å². The molecule has 3 heterocycles. The average molecular weight is 179 g/mol. The molecule has 70 valence electrons. The maximum absolute atomic E-state index is 11.3. The molecular formula is C9H13N3O. The number of rotatable bonds is 1. The van der Waals surface area contributed by atoms with Crippen molar-refractivity contribution in [2.75, 3.05) is 6.54 Å². The molecule has 4 aliphatic rings. The van der Waals surface area contributed by atoms with Crippen molar-refractivity contribution in [3.63, 3.8) is 0 Å². The van der Waals surface area contributed by atoms with Crippen LogP contribution in [0.15, 0.2) is 4.99 Å². The number of nitrogens with two attached hydrogens (primary N) is 1. The van der Waals surface area contributed by atoms with E-state index in [0.29, 0.717) is 17.9 Å². The Hall–Kier alpha value is -0.900. The number of hydrogen-bond donors (Lipinski definition) is 2. The molecule has 1 aliphatic carbocycles. The Morgan fingerprint density at radius 3 is 3.15 bits per heavy atom. The molecule has 4 atom stereocenters. The van der Waals surface area contributed by atoms with Crippen molar-refractivity contribution in [3.8, 4) is 0 Å². The van der Waals surface area contributed by atoms with Gasteiger partial charge in [-0.05, 0) is 25.3 Å². The van der Waals surface area contributed by atoms with Crippen LogP contribution in [0, 0.1) is 11.8 Å². The van der Waals surface area contributed by atoms with Gasteiger partial charge in [0.2, 0.25) is 5.91 Å². The Kier molecular flexibility index (Phi) is 1.22. The molecule has 0 aromatic carbocycles. The summed E-state index contributed by atoms with van der Waals surface area (Å²) in [5, 5.41) is 3.43. The van der Waals surface area contributed by atoms with Gasteiger partial charge in [-0.2, -0.15) is 0 Å². The van der Waals surface area contributed by atoms with E-state index < -0.39 is 5.54 Å². The highest BCUT2D eigenvalue weighted by Gasteiger charge is 2.54. The highest BCUT2D eigenvalue weighted by Crippen LogP contribution is 2.45. The van der Waals surface area contributed by atoms with E-state index >= 15 is 0 Å². The summed E-state index contributed by atoms with van der Waals surface area (Å²) >= 11 is 0. The lowest BCUT2D eigenvalue weighted by Gasteiger charge is -2.42. The van der Waals surface area contributed by atoms with E-state index in [1.165, 1.54) is 0 Å². The van der Waals surface area contributed by atoms with Crippen molar-refractivity contribution in [2.24, 2.45) is 22.6 Å². The number of nitrogens with zero attached hydrogens (tertiary/aromatic N) is 1. The van der Waals surface area contributed by atoms with Gasteiger partial charge in [-0.3, -0.25) is 9.79 Å². The number of carbonyl (C=O) groups is 1. The third-order valence-electron chi connectivity index (χ3n) is 3.76. The molecule has 1 amide bonds. The van der Waals surface area contributed by atoms with E-state index in [2.05, 4.69) is 10.3 Å². The van der Waals surface area contributed by atoms with Crippen LogP contribution in [0.4, 0.5) is 0 Å². The molecule has 0 spiro atoms. The molecule has 4 rings (SSSR count). The molecule has 4 unspecified atom stereocenters. The summed E-state index contributed by atoms with van der Waals surface area (Å²) in [6.07, 6.45) is 3.61. The molecule has 4 bridgehead atoms. The summed E-state index contributed by atoms with van der Waals surface area (Å²) < 4.78 is 0. The lowest BCUT2D eigenvalue weighted by molar-refractivity contribution is -0.125. The Labute approximate surface area is 76.6 Å². The Bertz CT molecular complexity index is 285. The van der Waals surface area contributed by atoms with Gasteiger partial charge in [0, 0.05) is 18.2 Å². The predicted octanol–water partition coefficient (Wildman–Crippen LogP) is -0.707. The van der Waals surface area contributed by atoms with Gasteiger partial charge >= 0.3 is 0 Å². The highest BCUT2D eigenvalue weighted by molar-refractivity contribution is 5.89. The smallest absolute Gasteiger partial charge is 0.245 e. The van der Waals surface area contributed by atoms with E-state index in [-0.39, 0.29) is 5.91 Å².